The zero-order valence-electron chi connectivity index (χ0n) is 22.6. The minimum atomic E-state index is -4.43. The van der Waals surface area contributed by atoms with Gasteiger partial charge in [-0.05, 0) is 79.6 Å². The molecule has 214 valence electrons. The topological polar surface area (TPSA) is 84.2 Å². The lowest BCUT2D eigenvalue weighted by Gasteiger charge is -2.17. The average Bonchev–Trinajstić information content (AvgIpc) is 3.74. The maximum absolute atomic E-state index is 13.6. The molecule has 5 rings (SSSR count). The molecule has 10 heteroatoms. The van der Waals surface area contributed by atoms with Crippen molar-refractivity contribution in [2.45, 2.75) is 51.2 Å². The molecular weight excluding hydrogens is 538 g/mol. The summed E-state index contributed by atoms with van der Waals surface area (Å²) >= 11 is 0. The number of aryl methyl sites for hydroxylation is 1. The molecule has 1 atom stereocenters. The summed E-state index contributed by atoms with van der Waals surface area (Å²) < 4.78 is 59.3. The fraction of sp³-hybridized carbons (Fsp3) is 0.323. The van der Waals surface area contributed by atoms with Gasteiger partial charge in [-0.25, -0.2) is 9.37 Å². The predicted octanol–water partition coefficient (Wildman–Crippen LogP) is 7.07. The van der Waals surface area contributed by atoms with E-state index in [1.807, 2.05) is 6.92 Å². The number of nitrogens with one attached hydrogen (secondary N) is 2. The first-order chi connectivity index (χ1) is 19.6. The Hall–Kier alpha value is -4.21. The monoisotopic (exact) mass is 567 g/mol. The molecule has 2 aromatic carbocycles. The summed E-state index contributed by atoms with van der Waals surface area (Å²) in [5.41, 5.74) is 1.82. The van der Waals surface area contributed by atoms with Crippen molar-refractivity contribution >= 4 is 22.9 Å². The van der Waals surface area contributed by atoms with Crippen LogP contribution >= 0.6 is 0 Å². The van der Waals surface area contributed by atoms with E-state index in [-0.39, 0.29) is 40.1 Å². The van der Waals surface area contributed by atoms with E-state index in [4.69, 9.17) is 4.42 Å². The van der Waals surface area contributed by atoms with Crippen molar-refractivity contribution < 1.29 is 31.6 Å². The standard InChI is InChI=1S/C31H29F4N3O3/c1-3-24(17-7-8-17)37-28(39)20-6-4-5-19(15-20)22-16-23-26(29(40)36-2)27(18-9-11-21(32)12-10-18)41-30(23)38-25(22)13-14-31(33,34)35/h4-6,9-12,15-17,24H,3,7-8,13-14H2,1-2H3,(H,36,40)(H,37,39)/t24-/m0/s1. The van der Waals surface area contributed by atoms with Crippen LogP contribution in [0.25, 0.3) is 33.6 Å². The van der Waals surface area contributed by atoms with E-state index >= 15 is 0 Å². The molecule has 41 heavy (non-hydrogen) atoms. The molecule has 0 aliphatic heterocycles. The Morgan fingerprint density at radius 3 is 2.41 bits per heavy atom. The molecule has 4 aromatic rings. The van der Waals surface area contributed by atoms with Crippen molar-refractivity contribution in [1.82, 2.24) is 15.6 Å². The molecule has 0 radical (unpaired) electrons. The molecule has 0 unspecified atom stereocenters. The van der Waals surface area contributed by atoms with Gasteiger partial charge >= 0.3 is 6.18 Å². The molecular formula is C31H29F4N3O3. The van der Waals surface area contributed by atoms with Crippen molar-refractivity contribution in [1.29, 1.82) is 0 Å². The van der Waals surface area contributed by atoms with Crippen LogP contribution in [-0.4, -0.2) is 36.1 Å². The fourth-order valence-electron chi connectivity index (χ4n) is 5.05. The Balaban J connectivity index is 1.64. The lowest BCUT2D eigenvalue weighted by molar-refractivity contribution is -0.134. The summed E-state index contributed by atoms with van der Waals surface area (Å²) in [6.07, 6.45) is -3.03. The van der Waals surface area contributed by atoms with Gasteiger partial charge in [-0.1, -0.05) is 19.1 Å². The Morgan fingerprint density at radius 2 is 1.78 bits per heavy atom. The van der Waals surface area contributed by atoms with Crippen molar-refractivity contribution in [2.75, 3.05) is 7.05 Å². The number of rotatable bonds is 9. The number of amides is 2. The summed E-state index contributed by atoms with van der Waals surface area (Å²) in [7, 11) is 1.44. The highest BCUT2D eigenvalue weighted by Gasteiger charge is 2.32. The van der Waals surface area contributed by atoms with Gasteiger partial charge in [0.25, 0.3) is 11.8 Å². The normalized spacial score (nSPS) is 14.2. The summed E-state index contributed by atoms with van der Waals surface area (Å²) in [4.78, 5) is 30.5. The number of hydrogen-bond donors (Lipinski definition) is 2. The molecule has 2 aromatic heterocycles. The highest BCUT2D eigenvalue weighted by Crippen LogP contribution is 2.38. The lowest BCUT2D eigenvalue weighted by Crippen LogP contribution is -2.35. The lowest BCUT2D eigenvalue weighted by atomic mass is 9.96. The molecule has 2 heterocycles. The summed E-state index contributed by atoms with van der Waals surface area (Å²) in [6.45, 7) is 2.02. The van der Waals surface area contributed by atoms with E-state index < -0.39 is 30.7 Å². The molecule has 0 bridgehead atoms. The van der Waals surface area contributed by atoms with Crippen LogP contribution in [0.2, 0.25) is 0 Å². The Labute approximate surface area is 234 Å². The van der Waals surface area contributed by atoms with Crippen molar-refractivity contribution in [3.8, 4) is 22.5 Å². The van der Waals surface area contributed by atoms with Crippen LogP contribution in [0.3, 0.4) is 0 Å². The number of halogens is 4. The van der Waals surface area contributed by atoms with Crippen molar-refractivity contribution in [3.63, 3.8) is 0 Å². The minimum absolute atomic E-state index is 0.0204. The second-order valence-electron chi connectivity index (χ2n) is 10.2. The number of alkyl halides is 3. The van der Waals surface area contributed by atoms with Crippen LogP contribution in [0.15, 0.2) is 59.0 Å². The number of carbonyl (C=O) groups excluding carboxylic acids is 2. The highest BCUT2D eigenvalue weighted by molar-refractivity contribution is 6.11. The SMILES string of the molecule is CC[C@H](NC(=O)c1cccc(-c2cc3c(C(=O)NC)c(-c4ccc(F)cc4)oc3nc2CCC(F)(F)F)c1)C1CC1. The maximum Gasteiger partial charge on any atom is 0.389 e. The molecule has 6 nitrogen and oxygen atoms in total. The average molecular weight is 568 g/mol. The molecule has 1 aliphatic carbocycles. The highest BCUT2D eigenvalue weighted by atomic mass is 19.4. The third-order valence-electron chi connectivity index (χ3n) is 7.35. The molecule has 0 saturated heterocycles. The van der Waals surface area contributed by atoms with E-state index in [1.165, 1.54) is 31.3 Å². The van der Waals surface area contributed by atoms with E-state index in [1.54, 1.807) is 30.3 Å². The summed E-state index contributed by atoms with van der Waals surface area (Å²) in [5, 5.41) is 5.91. The maximum atomic E-state index is 13.6. The number of nitrogens with zero attached hydrogens (tertiary/aromatic N) is 1. The molecule has 2 N–H and O–H groups in total. The van der Waals surface area contributed by atoms with Gasteiger partial charge in [0, 0.05) is 36.2 Å². The smallest absolute Gasteiger partial charge is 0.389 e. The largest absolute Gasteiger partial charge is 0.437 e. The van der Waals surface area contributed by atoms with Gasteiger partial charge in [0.1, 0.15) is 11.6 Å². The van der Waals surface area contributed by atoms with Crippen LogP contribution in [0.5, 0.6) is 0 Å². The van der Waals surface area contributed by atoms with Crippen LogP contribution < -0.4 is 10.6 Å². The summed E-state index contributed by atoms with van der Waals surface area (Å²) in [5.74, 6) is -0.661. The fourth-order valence-corrected chi connectivity index (χ4v) is 5.05. The number of benzene rings is 2. The Morgan fingerprint density at radius 1 is 1.05 bits per heavy atom. The first-order valence-electron chi connectivity index (χ1n) is 13.5. The number of aromatic nitrogens is 1. The van der Waals surface area contributed by atoms with Gasteiger partial charge in [-0.2, -0.15) is 13.2 Å². The van der Waals surface area contributed by atoms with Crippen molar-refractivity contribution in [3.05, 3.63) is 77.2 Å². The number of hydrogen-bond acceptors (Lipinski definition) is 4. The Bertz CT molecular complexity index is 1590. The third kappa shape index (κ3) is 6.26. The number of fused-ring (bicyclic) bond motifs is 1. The van der Waals surface area contributed by atoms with Gasteiger partial charge in [0.15, 0.2) is 0 Å². The number of furan rings is 1. The van der Waals surface area contributed by atoms with E-state index in [2.05, 4.69) is 15.6 Å². The van der Waals surface area contributed by atoms with Crippen LogP contribution in [0.1, 0.15) is 59.0 Å². The summed E-state index contributed by atoms with van der Waals surface area (Å²) in [6, 6.07) is 13.6. The van der Waals surface area contributed by atoms with Gasteiger partial charge in [-0.3, -0.25) is 9.59 Å². The molecule has 1 fully saturated rings. The second kappa shape index (κ2) is 11.3. The molecule has 0 spiro atoms. The molecule has 1 aliphatic rings. The zero-order valence-corrected chi connectivity index (χ0v) is 22.6. The minimum Gasteiger partial charge on any atom is -0.437 e. The van der Waals surface area contributed by atoms with E-state index in [0.29, 0.717) is 28.2 Å². The Kier molecular flexibility index (Phi) is 7.84. The van der Waals surface area contributed by atoms with Gasteiger partial charge in [0.2, 0.25) is 5.71 Å². The van der Waals surface area contributed by atoms with Gasteiger partial charge < -0.3 is 15.1 Å². The van der Waals surface area contributed by atoms with Crippen LogP contribution in [0, 0.1) is 11.7 Å². The third-order valence-corrected chi connectivity index (χ3v) is 7.35. The van der Waals surface area contributed by atoms with Crippen molar-refractivity contribution in [2.24, 2.45) is 5.92 Å². The zero-order chi connectivity index (χ0) is 29.3. The molecule has 1 saturated carbocycles. The van der Waals surface area contributed by atoms with Crippen LogP contribution in [-0.2, 0) is 6.42 Å². The van der Waals surface area contributed by atoms with Gasteiger partial charge in [-0.15, -0.1) is 0 Å². The quantitative estimate of drug-likeness (QED) is 0.212. The first kappa shape index (κ1) is 28.3. The van der Waals surface area contributed by atoms with E-state index in [9.17, 15) is 27.2 Å². The predicted molar refractivity (Wildman–Crippen MR) is 147 cm³/mol. The number of pyridine rings is 1. The first-order valence-corrected chi connectivity index (χ1v) is 13.5. The van der Waals surface area contributed by atoms with Gasteiger partial charge in [0.05, 0.1) is 16.6 Å². The second-order valence-corrected chi connectivity index (χ2v) is 10.2. The van der Waals surface area contributed by atoms with E-state index in [0.717, 1.165) is 19.3 Å². The van der Waals surface area contributed by atoms with Crippen LogP contribution in [0.4, 0.5) is 17.6 Å². The molecule has 2 amide bonds. The number of carbonyl (C=O) groups is 2.